The second-order valence-corrected chi connectivity index (χ2v) is 4.91. The van der Waals surface area contributed by atoms with E-state index in [4.69, 9.17) is 0 Å². The summed E-state index contributed by atoms with van der Waals surface area (Å²) in [6.07, 6.45) is -3.27. The quantitative estimate of drug-likeness (QED) is 0.785. The van der Waals surface area contributed by atoms with Crippen molar-refractivity contribution in [3.63, 3.8) is 0 Å². The van der Waals surface area contributed by atoms with Crippen LogP contribution in [-0.2, 0) is 0 Å². The van der Waals surface area contributed by atoms with Crippen molar-refractivity contribution in [3.8, 4) is 0 Å². The van der Waals surface area contributed by atoms with Crippen molar-refractivity contribution in [3.05, 3.63) is 22.7 Å². The minimum Gasteiger partial charge on any atom is -0.324 e. The normalized spacial score (nSPS) is 17.4. The van der Waals surface area contributed by atoms with Gasteiger partial charge in [-0.3, -0.25) is 4.79 Å². The van der Waals surface area contributed by atoms with Gasteiger partial charge in [0.05, 0.1) is 0 Å². The summed E-state index contributed by atoms with van der Waals surface area (Å²) in [5.41, 5.74) is -2.05. The van der Waals surface area contributed by atoms with Crippen LogP contribution in [0.4, 0.5) is 13.2 Å². The van der Waals surface area contributed by atoms with Crippen LogP contribution in [0, 0.1) is 0 Å². The molecule has 98 valence electrons. The average molecular weight is 324 g/mol. The van der Waals surface area contributed by atoms with E-state index >= 15 is 0 Å². The van der Waals surface area contributed by atoms with Crippen LogP contribution in [0.1, 0.15) is 23.5 Å². The molecule has 0 atom stereocenters. The molecule has 1 heterocycles. The van der Waals surface area contributed by atoms with Gasteiger partial charge in [0.25, 0.3) is 5.91 Å². The standard InChI is InChI=1S/C10H9BrF3N3O/c1-17(9(3-4-9)10(12,13)14)8(18)7-15-5-2-6(11)16-7/h2,5H,3-4H2,1H3. The van der Waals surface area contributed by atoms with Crippen LogP contribution < -0.4 is 0 Å². The van der Waals surface area contributed by atoms with Gasteiger partial charge in [-0.2, -0.15) is 13.2 Å². The van der Waals surface area contributed by atoms with Crippen LogP contribution in [0.5, 0.6) is 0 Å². The molecule has 0 aromatic carbocycles. The molecule has 1 aromatic rings. The Balaban J connectivity index is 2.25. The molecule has 8 heteroatoms. The number of carbonyl (C=O) groups is 1. The molecular weight excluding hydrogens is 315 g/mol. The molecule has 0 bridgehead atoms. The highest BCUT2D eigenvalue weighted by Gasteiger charge is 2.67. The van der Waals surface area contributed by atoms with Gasteiger partial charge in [0.1, 0.15) is 10.1 Å². The highest BCUT2D eigenvalue weighted by atomic mass is 79.9. The Hall–Kier alpha value is -1.18. The maximum absolute atomic E-state index is 12.9. The molecule has 1 aromatic heterocycles. The van der Waals surface area contributed by atoms with Crippen molar-refractivity contribution in [2.45, 2.75) is 24.6 Å². The summed E-state index contributed by atoms with van der Waals surface area (Å²) in [5.74, 6) is -1.08. The molecule has 0 unspecified atom stereocenters. The smallest absolute Gasteiger partial charge is 0.324 e. The Morgan fingerprint density at radius 2 is 2.11 bits per heavy atom. The number of aromatic nitrogens is 2. The zero-order valence-corrected chi connectivity index (χ0v) is 10.9. The summed E-state index contributed by atoms with van der Waals surface area (Å²) in [6.45, 7) is 0. The topological polar surface area (TPSA) is 46.1 Å². The van der Waals surface area contributed by atoms with Crippen LogP contribution in [0.15, 0.2) is 16.9 Å². The molecular formula is C10H9BrF3N3O. The van der Waals surface area contributed by atoms with Crippen molar-refractivity contribution < 1.29 is 18.0 Å². The SMILES string of the molecule is CN(C(=O)c1nccc(Br)n1)C1(C(F)(F)F)CC1. The lowest BCUT2D eigenvalue weighted by atomic mass is 10.2. The Kier molecular flexibility index (Phi) is 3.08. The molecule has 0 aliphatic heterocycles. The number of hydrogen-bond acceptors (Lipinski definition) is 3. The van der Waals surface area contributed by atoms with E-state index in [2.05, 4.69) is 25.9 Å². The fraction of sp³-hybridized carbons (Fsp3) is 0.500. The number of nitrogens with zero attached hydrogens (tertiary/aromatic N) is 3. The molecule has 1 aliphatic carbocycles. The maximum atomic E-state index is 12.9. The third-order valence-electron chi connectivity index (χ3n) is 3.01. The zero-order valence-electron chi connectivity index (χ0n) is 9.33. The first-order chi connectivity index (χ1) is 8.28. The predicted molar refractivity (Wildman–Crippen MR) is 59.8 cm³/mol. The van der Waals surface area contributed by atoms with E-state index in [9.17, 15) is 18.0 Å². The van der Waals surface area contributed by atoms with Gasteiger partial charge in [0, 0.05) is 13.2 Å². The fourth-order valence-electron chi connectivity index (χ4n) is 1.71. The molecule has 1 aliphatic rings. The van der Waals surface area contributed by atoms with E-state index < -0.39 is 17.6 Å². The van der Waals surface area contributed by atoms with E-state index in [1.165, 1.54) is 12.3 Å². The van der Waals surface area contributed by atoms with E-state index in [1.54, 1.807) is 0 Å². The molecule has 0 N–H and O–H groups in total. The largest absolute Gasteiger partial charge is 0.411 e. The lowest BCUT2D eigenvalue weighted by Gasteiger charge is -2.29. The van der Waals surface area contributed by atoms with Gasteiger partial charge in [-0.15, -0.1) is 0 Å². The van der Waals surface area contributed by atoms with Crippen LogP contribution in [0.3, 0.4) is 0 Å². The summed E-state index contributed by atoms with van der Waals surface area (Å²) in [4.78, 5) is 20.0. The predicted octanol–water partition coefficient (Wildman–Crippen LogP) is 2.41. The summed E-state index contributed by atoms with van der Waals surface area (Å²) in [7, 11) is 1.13. The Labute approximate surface area is 109 Å². The maximum Gasteiger partial charge on any atom is 0.411 e. The monoisotopic (exact) mass is 323 g/mol. The molecule has 4 nitrogen and oxygen atoms in total. The van der Waals surface area contributed by atoms with Gasteiger partial charge >= 0.3 is 6.18 Å². The first-order valence-corrected chi connectivity index (χ1v) is 5.91. The number of hydrogen-bond donors (Lipinski definition) is 0. The Morgan fingerprint density at radius 3 is 2.56 bits per heavy atom. The molecule has 1 fully saturated rings. The minimum absolute atomic E-state index is 0.0766. The molecule has 0 radical (unpaired) electrons. The van der Waals surface area contributed by atoms with E-state index in [1.807, 2.05) is 0 Å². The molecule has 0 saturated heterocycles. The van der Waals surface area contributed by atoms with Gasteiger partial charge in [-0.05, 0) is 34.8 Å². The molecule has 0 spiro atoms. The Bertz CT molecular complexity index is 488. The van der Waals surface area contributed by atoms with Crippen molar-refractivity contribution in [1.29, 1.82) is 0 Å². The molecule has 18 heavy (non-hydrogen) atoms. The number of carbonyl (C=O) groups excluding carboxylic acids is 1. The summed E-state index contributed by atoms with van der Waals surface area (Å²) < 4.78 is 38.9. The number of amides is 1. The molecule has 1 amide bonds. The number of rotatable bonds is 2. The number of halogens is 4. The minimum atomic E-state index is -4.43. The van der Waals surface area contributed by atoms with Crippen LogP contribution >= 0.6 is 15.9 Å². The lowest BCUT2D eigenvalue weighted by Crippen LogP contribution is -2.49. The highest BCUT2D eigenvalue weighted by Crippen LogP contribution is 2.53. The first-order valence-electron chi connectivity index (χ1n) is 5.11. The average Bonchev–Trinajstić information content (AvgIpc) is 3.07. The second-order valence-electron chi connectivity index (χ2n) is 4.10. The van der Waals surface area contributed by atoms with Gasteiger partial charge < -0.3 is 4.90 Å². The summed E-state index contributed by atoms with van der Waals surface area (Å²) in [5, 5.41) is 0. The van der Waals surface area contributed by atoms with E-state index in [-0.39, 0.29) is 18.7 Å². The summed E-state index contributed by atoms with van der Waals surface area (Å²) >= 11 is 3.04. The van der Waals surface area contributed by atoms with Crippen molar-refractivity contribution in [2.75, 3.05) is 7.05 Å². The zero-order chi connectivity index (χ0) is 13.6. The summed E-state index contributed by atoms with van der Waals surface area (Å²) in [6, 6.07) is 1.49. The van der Waals surface area contributed by atoms with Crippen LogP contribution in [0.2, 0.25) is 0 Å². The lowest BCUT2D eigenvalue weighted by molar-refractivity contribution is -0.185. The van der Waals surface area contributed by atoms with Gasteiger partial charge in [0.15, 0.2) is 0 Å². The van der Waals surface area contributed by atoms with Gasteiger partial charge in [0.2, 0.25) is 5.82 Å². The third-order valence-corrected chi connectivity index (χ3v) is 3.45. The highest BCUT2D eigenvalue weighted by molar-refractivity contribution is 9.10. The van der Waals surface area contributed by atoms with Crippen LogP contribution in [0.25, 0.3) is 0 Å². The third kappa shape index (κ3) is 2.09. The fourth-order valence-corrected chi connectivity index (χ4v) is 2.00. The van der Waals surface area contributed by atoms with Gasteiger partial charge in [-0.25, -0.2) is 9.97 Å². The molecule has 1 saturated carbocycles. The van der Waals surface area contributed by atoms with E-state index in [0.29, 0.717) is 9.50 Å². The van der Waals surface area contributed by atoms with Crippen molar-refractivity contribution in [2.24, 2.45) is 0 Å². The van der Waals surface area contributed by atoms with Crippen LogP contribution in [-0.4, -0.2) is 39.5 Å². The van der Waals surface area contributed by atoms with Crippen molar-refractivity contribution in [1.82, 2.24) is 14.9 Å². The van der Waals surface area contributed by atoms with Gasteiger partial charge in [-0.1, -0.05) is 0 Å². The second kappa shape index (κ2) is 4.18. The Morgan fingerprint density at radius 1 is 1.50 bits per heavy atom. The first kappa shape index (κ1) is 13.3. The molecule has 2 rings (SSSR count). The van der Waals surface area contributed by atoms with Crippen molar-refractivity contribution >= 4 is 21.8 Å². The van der Waals surface area contributed by atoms with E-state index in [0.717, 1.165) is 7.05 Å². The number of alkyl halides is 3.